The number of hydrogen-bond acceptors (Lipinski definition) is 0. The van der Waals surface area contributed by atoms with Crippen molar-refractivity contribution in [2.24, 2.45) is 11.8 Å². The molecule has 0 N–H and O–H groups in total. The van der Waals surface area contributed by atoms with Crippen LogP contribution in [0, 0.1) is 24.7 Å². The minimum absolute atomic E-state index is 0. The average Bonchev–Trinajstić information content (AvgIpc) is 3.26. The molecule has 2 saturated carbocycles. The Kier molecular flexibility index (Phi) is 19.9. The molecule has 4 rings (SSSR count). The topological polar surface area (TPSA) is 0 Å². The number of halogens is 2. The van der Waals surface area contributed by atoms with Gasteiger partial charge in [-0.1, -0.05) is 38.8 Å². The molecular formula is C22H33Br2SiZr. The second kappa shape index (κ2) is 17.8. The van der Waals surface area contributed by atoms with Gasteiger partial charge in [-0.25, -0.2) is 36.1 Å². The van der Waals surface area contributed by atoms with Crippen LogP contribution in [0.1, 0.15) is 52.4 Å². The minimum Gasteiger partial charge on any atom is -1.00 e. The van der Waals surface area contributed by atoms with Gasteiger partial charge in [0.15, 0.2) is 0 Å². The van der Waals surface area contributed by atoms with Gasteiger partial charge in [0, 0.05) is 9.52 Å². The Hall–Kier alpha value is 0.760. The van der Waals surface area contributed by atoms with Crippen LogP contribution >= 0.6 is 0 Å². The van der Waals surface area contributed by atoms with Crippen molar-refractivity contribution < 1.29 is 60.2 Å². The molecule has 4 heteroatoms. The van der Waals surface area contributed by atoms with Gasteiger partial charge in [-0.05, 0) is 24.7 Å². The third kappa shape index (κ3) is 10.3. The summed E-state index contributed by atoms with van der Waals surface area (Å²) in [7, 11) is 0.815. The van der Waals surface area contributed by atoms with Crippen molar-refractivity contribution in [1.29, 1.82) is 0 Å². The smallest absolute Gasteiger partial charge is 1.00 e. The molecule has 0 heterocycles. The van der Waals surface area contributed by atoms with Gasteiger partial charge in [-0.2, -0.15) is 0 Å². The molecule has 0 spiro atoms. The maximum atomic E-state index is 2.37. The maximum absolute atomic E-state index is 2.37. The van der Waals surface area contributed by atoms with Crippen molar-refractivity contribution in [3.8, 4) is 0 Å². The van der Waals surface area contributed by atoms with Crippen molar-refractivity contribution in [3.63, 3.8) is 0 Å². The Morgan fingerprint density at radius 2 is 1.27 bits per heavy atom. The second-order valence-electron chi connectivity index (χ2n) is 6.72. The fourth-order valence-electron chi connectivity index (χ4n) is 3.62. The van der Waals surface area contributed by atoms with E-state index in [1.807, 2.05) is 0 Å². The zero-order chi connectivity index (χ0) is 16.3. The zero-order valence-corrected chi connectivity index (χ0v) is 23.0. The predicted molar refractivity (Wildman–Crippen MR) is 106 cm³/mol. The first kappa shape index (κ1) is 29.0. The molecule has 143 valence electrons. The number of fused-ring (bicyclic) bond motifs is 2. The Bertz CT molecular complexity index is 427. The van der Waals surface area contributed by atoms with Crippen LogP contribution in [0.5, 0.6) is 0 Å². The molecule has 0 aromatic carbocycles. The van der Waals surface area contributed by atoms with Crippen molar-refractivity contribution >= 4 is 9.52 Å². The van der Waals surface area contributed by atoms with E-state index in [2.05, 4.69) is 63.1 Å². The van der Waals surface area contributed by atoms with E-state index >= 15 is 0 Å². The fourth-order valence-corrected chi connectivity index (χ4v) is 4.20. The van der Waals surface area contributed by atoms with E-state index in [0.717, 1.165) is 21.4 Å². The molecule has 0 amide bonds. The van der Waals surface area contributed by atoms with Gasteiger partial charge in [0.1, 0.15) is 0 Å². The SMILES string of the molecule is C1=CCC2CC[CH-]C2=C1.C1=CCC2CC[CH-]C2=C1.CC[SiH]CC.[Br-].[Br-].[Zr+4]. The van der Waals surface area contributed by atoms with Crippen LogP contribution < -0.4 is 34.0 Å². The first-order valence-corrected chi connectivity index (χ1v) is 11.2. The quantitative estimate of drug-likeness (QED) is 0.328. The molecule has 4 aliphatic carbocycles. The van der Waals surface area contributed by atoms with Crippen LogP contribution in [0.3, 0.4) is 0 Å². The summed E-state index contributed by atoms with van der Waals surface area (Å²) < 4.78 is 0. The van der Waals surface area contributed by atoms with Crippen molar-refractivity contribution in [2.45, 2.75) is 64.5 Å². The molecule has 0 aliphatic heterocycles. The van der Waals surface area contributed by atoms with E-state index in [-0.39, 0.29) is 60.2 Å². The van der Waals surface area contributed by atoms with Gasteiger partial charge in [-0.15, -0.1) is 37.1 Å². The van der Waals surface area contributed by atoms with Gasteiger partial charge in [-0.3, -0.25) is 0 Å². The average molecular weight is 577 g/mol. The Morgan fingerprint density at radius 3 is 1.58 bits per heavy atom. The molecule has 26 heavy (non-hydrogen) atoms. The van der Waals surface area contributed by atoms with Crippen LogP contribution in [0.25, 0.3) is 0 Å². The van der Waals surface area contributed by atoms with Crippen LogP contribution in [-0.4, -0.2) is 9.52 Å². The molecule has 4 aliphatic rings. The molecule has 1 radical (unpaired) electrons. The summed E-state index contributed by atoms with van der Waals surface area (Å²) in [5.74, 6) is 1.77. The van der Waals surface area contributed by atoms with Gasteiger partial charge in [0.25, 0.3) is 0 Å². The summed E-state index contributed by atoms with van der Waals surface area (Å²) in [6.45, 7) is 4.50. The van der Waals surface area contributed by atoms with Crippen molar-refractivity contribution in [2.75, 3.05) is 0 Å². The van der Waals surface area contributed by atoms with Crippen LogP contribution in [0.2, 0.25) is 12.1 Å². The molecule has 0 aromatic rings. The summed E-state index contributed by atoms with van der Waals surface area (Å²) in [5, 5.41) is 0. The Labute approximate surface area is 204 Å². The first-order valence-electron chi connectivity index (χ1n) is 9.56. The minimum atomic E-state index is 0. The van der Waals surface area contributed by atoms with E-state index in [9.17, 15) is 0 Å². The zero-order valence-electron chi connectivity index (χ0n) is 16.3. The number of hydrogen-bond donors (Lipinski definition) is 0. The molecule has 0 aromatic heterocycles. The van der Waals surface area contributed by atoms with E-state index in [1.54, 1.807) is 11.1 Å². The molecule has 2 atom stereocenters. The van der Waals surface area contributed by atoms with Crippen LogP contribution in [0.4, 0.5) is 0 Å². The molecule has 0 bridgehead atoms. The van der Waals surface area contributed by atoms with E-state index < -0.39 is 0 Å². The second-order valence-corrected chi connectivity index (χ2v) is 8.93. The Balaban J connectivity index is 0. The third-order valence-electron chi connectivity index (χ3n) is 5.00. The molecule has 2 unspecified atom stereocenters. The molecule has 0 nitrogen and oxygen atoms in total. The van der Waals surface area contributed by atoms with Crippen LogP contribution in [-0.2, 0) is 26.2 Å². The number of rotatable bonds is 2. The number of allylic oxidation sites excluding steroid dienone is 8. The monoisotopic (exact) mass is 573 g/mol. The van der Waals surface area contributed by atoms with E-state index in [1.165, 1.54) is 50.6 Å². The van der Waals surface area contributed by atoms with Crippen LogP contribution in [0.15, 0.2) is 47.6 Å². The van der Waals surface area contributed by atoms with E-state index in [0.29, 0.717) is 0 Å². The van der Waals surface area contributed by atoms with Gasteiger partial charge >= 0.3 is 26.2 Å². The molecular weight excluding hydrogens is 543 g/mol. The standard InChI is InChI=1S/2C9H11.C4H11Si.2BrH.Zr/c2*1-2-5-9-7-3-6-8(9)4-1;1-3-5-4-2;;;/h2*1-2,4,6,9H,3,5,7H2;5H,3-4H2,1-2H3;2*1H;/q2*-1;;;;+4/p-2. The summed E-state index contributed by atoms with van der Waals surface area (Å²) in [4.78, 5) is 0. The molecule has 2 fully saturated rings. The molecule has 0 saturated heterocycles. The predicted octanol–water partition coefficient (Wildman–Crippen LogP) is 0.279. The summed E-state index contributed by atoms with van der Waals surface area (Å²) in [6, 6.07) is 2.85. The summed E-state index contributed by atoms with van der Waals surface area (Å²) in [5.41, 5.74) is 3.16. The largest absolute Gasteiger partial charge is 4.00 e. The summed E-state index contributed by atoms with van der Waals surface area (Å²) >= 11 is 0. The van der Waals surface area contributed by atoms with Gasteiger partial charge in [0.2, 0.25) is 0 Å². The van der Waals surface area contributed by atoms with Crippen molar-refractivity contribution in [3.05, 3.63) is 60.4 Å². The normalized spacial score (nSPS) is 23.2. The third-order valence-corrected chi connectivity index (χ3v) is 6.16. The van der Waals surface area contributed by atoms with Crippen molar-refractivity contribution in [1.82, 2.24) is 0 Å². The van der Waals surface area contributed by atoms with Gasteiger partial charge < -0.3 is 34.0 Å². The summed E-state index contributed by atoms with van der Waals surface area (Å²) in [6.07, 6.45) is 26.1. The fraction of sp³-hybridized carbons (Fsp3) is 0.545. The first-order chi connectivity index (χ1) is 11.3. The maximum Gasteiger partial charge on any atom is 4.00 e. The Morgan fingerprint density at radius 1 is 0.846 bits per heavy atom. The van der Waals surface area contributed by atoms with Gasteiger partial charge in [0.05, 0.1) is 0 Å². The van der Waals surface area contributed by atoms with E-state index in [4.69, 9.17) is 0 Å².